The maximum absolute atomic E-state index is 3.96. The summed E-state index contributed by atoms with van der Waals surface area (Å²) in [7, 11) is 0. The van der Waals surface area contributed by atoms with E-state index >= 15 is 0 Å². The lowest BCUT2D eigenvalue weighted by molar-refractivity contribution is 2.13. The SMILES string of the molecule is N.S.S=C=S. The van der Waals surface area contributed by atoms with E-state index in [1.54, 1.807) is 0 Å². The van der Waals surface area contributed by atoms with Crippen molar-refractivity contribution in [3.8, 4) is 0 Å². The lowest BCUT2D eigenvalue weighted by Gasteiger charge is -0.992. The summed E-state index contributed by atoms with van der Waals surface area (Å²) < 4.78 is 1.92. The average molecular weight is 127 g/mol. The Kier molecular flexibility index (Phi) is 85.5. The fraction of sp³-hybridized carbons (Fsp3) is 0. The van der Waals surface area contributed by atoms with E-state index in [1.807, 2.05) is 4.31 Å². The predicted molar refractivity (Wildman–Crippen MR) is 35.6 cm³/mol. The highest BCUT2D eigenvalue weighted by Gasteiger charge is 1.01. The van der Waals surface area contributed by atoms with E-state index in [-0.39, 0.29) is 19.6 Å². The topological polar surface area (TPSA) is 35.0 Å². The van der Waals surface area contributed by atoms with Gasteiger partial charge in [0.2, 0.25) is 0 Å². The van der Waals surface area contributed by atoms with Crippen LogP contribution in [-0.2, 0) is 0 Å². The maximum Gasteiger partial charge on any atom is 0.0297 e. The second kappa shape index (κ2) is 24.1. The molecular weight excluding hydrogens is 122 g/mol. The lowest BCUT2D eigenvalue weighted by atomic mass is 12.0. The smallest absolute Gasteiger partial charge is 0.0297 e. The predicted octanol–water partition coefficient (Wildman–Crippen LogP) is 1.29. The second-order valence-electron chi connectivity index (χ2n) is 0.0833. The Hall–Kier alpha value is 0.530. The van der Waals surface area contributed by atoms with E-state index in [9.17, 15) is 0 Å². The van der Waals surface area contributed by atoms with Crippen molar-refractivity contribution in [1.29, 1.82) is 0 Å². The zero-order valence-corrected chi connectivity index (χ0v) is 5.16. The van der Waals surface area contributed by atoms with Crippen LogP contribution in [0.5, 0.6) is 0 Å². The van der Waals surface area contributed by atoms with Crippen LogP contribution in [0.2, 0.25) is 0 Å². The Bertz CT molecular complexity index is 27.9. The largest absolute Gasteiger partial charge is 0.344 e. The Morgan fingerprint density at radius 1 is 1.20 bits per heavy atom. The van der Waals surface area contributed by atoms with E-state index in [4.69, 9.17) is 0 Å². The van der Waals surface area contributed by atoms with Gasteiger partial charge in [0.15, 0.2) is 0 Å². The molecule has 1 nitrogen and oxygen atoms in total. The highest BCUT2D eigenvalue weighted by molar-refractivity contribution is 7.93. The summed E-state index contributed by atoms with van der Waals surface area (Å²) in [6.07, 6.45) is 0. The monoisotopic (exact) mass is 127 g/mol. The summed E-state index contributed by atoms with van der Waals surface area (Å²) in [6.45, 7) is 0. The highest BCUT2D eigenvalue weighted by Crippen LogP contribution is 1.29. The van der Waals surface area contributed by atoms with Gasteiger partial charge in [-0.25, -0.2) is 0 Å². The van der Waals surface area contributed by atoms with Crippen molar-refractivity contribution in [2.24, 2.45) is 0 Å². The van der Waals surface area contributed by atoms with Gasteiger partial charge in [0.25, 0.3) is 0 Å². The van der Waals surface area contributed by atoms with Crippen molar-refractivity contribution in [2.75, 3.05) is 0 Å². The van der Waals surface area contributed by atoms with Crippen molar-refractivity contribution in [3.05, 3.63) is 0 Å². The van der Waals surface area contributed by atoms with Gasteiger partial charge in [-0.1, -0.05) is 0 Å². The zero-order chi connectivity index (χ0) is 2.71. The van der Waals surface area contributed by atoms with Gasteiger partial charge < -0.3 is 6.15 Å². The third-order valence-corrected chi connectivity index (χ3v) is 0. The third-order valence-electron chi connectivity index (χ3n) is 0. The summed E-state index contributed by atoms with van der Waals surface area (Å²) in [6, 6.07) is 0. The van der Waals surface area contributed by atoms with Gasteiger partial charge in [-0.05, 0) is 24.4 Å². The van der Waals surface area contributed by atoms with Gasteiger partial charge in [0, 0.05) is 4.31 Å². The molecule has 0 aromatic carbocycles. The van der Waals surface area contributed by atoms with Crippen LogP contribution in [0.4, 0.5) is 0 Å². The molecule has 0 saturated carbocycles. The fourth-order valence-electron chi connectivity index (χ4n) is 0. The lowest BCUT2D eigenvalue weighted by Crippen LogP contribution is -0.917. The minimum Gasteiger partial charge on any atom is -0.344 e. The van der Waals surface area contributed by atoms with Crippen LogP contribution in [0.1, 0.15) is 0 Å². The summed E-state index contributed by atoms with van der Waals surface area (Å²) in [5.74, 6) is 0. The molecule has 0 aromatic rings. The molecule has 0 aliphatic carbocycles. The molecule has 0 aromatic heterocycles. The van der Waals surface area contributed by atoms with E-state index in [0.717, 1.165) is 0 Å². The minimum absolute atomic E-state index is 0. The molecule has 0 fully saturated rings. The van der Waals surface area contributed by atoms with Crippen LogP contribution >= 0.6 is 37.9 Å². The number of rotatable bonds is 0. The van der Waals surface area contributed by atoms with Crippen molar-refractivity contribution in [3.63, 3.8) is 0 Å². The first-order valence-corrected chi connectivity index (χ1v) is 1.22. The number of thiocarbonyl (C=S) groups is 2. The van der Waals surface area contributed by atoms with Crippen molar-refractivity contribution < 1.29 is 0 Å². The molecule has 0 aliphatic heterocycles. The first-order chi connectivity index (χ1) is 1.41. The van der Waals surface area contributed by atoms with Gasteiger partial charge in [0.1, 0.15) is 0 Å². The zero-order valence-electron chi connectivity index (χ0n) is 2.52. The first kappa shape index (κ1) is 17.7. The third kappa shape index (κ3) is 103. The molecule has 0 unspecified atom stereocenters. The summed E-state index contributed by atoms with van der Waals surface area (Å²) >= 11 is 7.92. The Morgan fingerprint density at radius 3 is 1.20 bits per heavy atom. The maximum atomic E-state index is 3.96. The first-order valence-electron chi connectivity index (χ1n) is 0.408. The summed E-state index contributed by atoms with van der Waals surface area (Å²) in [5.41, 5.74) is 0. The van der Waals surface area contributed by atoms with Crippen molar-refractivity contribution in [2.45, 2.75) is 0 Å². The molecule has 0 rings (SSSR count). The van der Waals surface area contributed by atoms with Crippen LogP contribution in [0.15, 0.2) is 0 Å². The Morgan fingerprint density at radius 2 is 1.20 bits per heavy atom. The van der Waals surface area contributed by atoms with Crippen LogP contribution in [0.25, 0.3) is 0 Å². The molecule has 5 heavy (non-hydrogen) atoms. The molecule has 0 amide bonds. The van der Waals surface area contributed by atoms with Gasteiger partial charge in [0.05, 0.1) is 0 Å². The van der Waals surface area contributed by atoms with Crippen LogP contribution in [0.3, 0.4) is 0 Å². The van der Waals surface area contributed by atoms with Gasteiger partial charge >= 0.3 is 0 Å². The van der Waals surface area contributed by atoms with E-state index in [2.05, 4.69) is 24.4 Å². The molecule has 0 heterocycles. The summed E-state index contributed by atoms with van der Waals surface area (Å²) in [4.78, 5) is 0. The van der Waals surface area contributed by atoms with Crippen molar-refractivity contribution >= 4 is 42.2 Å². The van der Waals surface area contributed by atoms with Gasteiger partial charge in [-0.2, -0.15) is 13.5 Å². The number of hydrogen-bond donors (Lipinski definition) is 1. The quantitative estimate of drug-likeness (QED) is 0.498. The number of hydrogen-bond acceptors (Lipinski definition) is 3. The van der Waals surface area contributed by atoms with E-state index in [0.29, 0.717) is 0 Å². The van der Waals surface area contributed by atoms with Crippen LogP contribution in [-0.4, -0.2) is 4.31 Å². The minimum atomic E-state index is 0. The van der Waals surface area contributed by atoms with Gasteiger partial charge in [-0.15, -0.1) is 0 Å². The molecule has 32 valence electrons. The van der Waals surface area contributed by atoms with Crippen molar-refractivity contribution in [1.82, 2.24) is 6.15 Å². The van der Waals surface area contributed by atoms with Gasteiger partial charge in [-0.3, -0.25) is 0 Å². The normalized spacial score (nSPS) is 1.60. The molecular formula is CH5NS3. The van der Waals surface area contributed by atoms with Crippen LogP contribution in [0, 0.1) is 0 Å². The molecule has 3 N–H and O–H groups in total. The Balaban J connectivity index is -0.0000000200. The van der Waals surface area contributed by atoms with E-state index < -0.39 is 0 Å². The van der Waals surface area contributed by atoms with Crippen LogP contribution < -0.4 is 6.15 Å². The standard InChI is InChI=1S/CS2.H3N.H2S/c2-1-3;;/h;1H3;1H2. The fourth-order valence-corrected chi connectivity index (χ4v) is 0. The molecule has 0 radical (unpaired) electrons. The molecule has 0 bridgehead atoms. The summed E-state index contributed by atoms with van der Waals surface area (Å²) in [5, 5.41) is 0. The molecule has 0 saturated heterocycles. The molecule has 4 heteroatoms. The second-order valence-corrected chi connectivity index (χ2v) is 0.750. The molecule has 0 aliphatic rings. The van der Waals surface area contributed by atoms with E-state index in [1.165, 1.54) is 0 Å². The Labute approximate surface area is 48.8 Å². The average Bonchev–Trinajstić information content (AvgIpc) is 0.918. The highest BCUT2D eigenvalue weighted by atomic mass is 32.1. The molecule has 0 atom stereocenters. The molecule has 0 spiro atoms.